The van der Waals surface area contributed by atoms with E-state index in [1.807, 2.05) is 0 Å². The van der Waals surface area contributed by atoms with E-state index in [1.54, 1.807) is 0 Å². The van der Waals surface area contributed by atoms with Gasteiger partial charge in [0.15, 0.2) is 0 Å². The van der Waals surface area contributed by atoms with Crippen LogP contribution in [0, 0.1) is 19.3 Å². The first-order valence-electron chi connectivity index (χ1n) is 13.1. The first kappa shape index (κ1) is 28.6. The zero-order valence-electron chi connectivity index (χ0n) is 22.6. The quantitative estimate of drug-likeness (QED) is 0.337. The smallest absolute Gasteiger partial charge is 0.0774 e. The number of aliphatic hydroxyl groups excluding tert-OH is 3. The monoisotopic (exact) mass is 468 g/mol. The van der Waals surface area contributed by atoms with E-state index in [1.165, 1.54) is 33.4 Å². The number of rotatable bonds is 12. The Bertz CT molecular complexity index is 905. The van der Waals surface area contributed by atoms with Gasteiger partial charge in [-0.15, -0.1) is 0 Å². The van der Waals surface area contributed by atoms with Gasteiger partial charge in [0.2, 0.25) is 0 Å². The summed E-state index contributed by atoms with van der Waals surface area (Å²) in [5.74, 6) is 0. The van der Waals surface area contributed by atoms with Gasteiger partial charge in [0, 0.05) is 5.41 Å². The van der Waals surface area contributed by atoms with E-state index >= 15 is 0 Å². The van der Waals surface area contributed by atoms with Gasteiger partial charge < -0.3 is 15.3 Å². The molecule has 0 saturated heterocycles. The predicted octanol–water partition coefficient (Wildman–Crippen LogP) is 6.43. The lowest BCUT2D eigenvalue weighted by atomic mass is 9.69. The highest BCUT2D eigenvalue weighted by molar-refractivity contribution is 5.45. The molecule has 2 aromatic rings. The fraction of sp³-hybridized carbons (Fsp3) is 0.613. The van der Waals surface area contributed by atoms with Gasteiger partial charge in [0.05, 0.1) is 18.8 Å². The molecule has 0 aliphatic rings. The van der Waals surface area contributed by atoms with Crippen molar-refractivity contribution >= 4 is 0 Å². The van der Waals surface area contributed by atoms with E-state index in [2.05, 4.69) is 84.9 Å². The van der Waals surface area contributed by atoms with E-state index in [9.17, 15) is 10.2 Å². The molecule has 2 unspecified atom stereocenters. The molecule has 0 radical (unpaired) electrons. The highest BCUT2D eigenvalue weighted by Crippen LogP contribution is 2.40. The molecule has 3 nitrogen and oxygen atoms in total. The van der Waals surface area contributed by atoms with Crippen LogP contribution >= 0.6 is 0 Å². The lowest BCUT2D eigenvalue weighted by molar-refractivity contribution is 0.0885. The van der Waals surface area contributed by atoms with Gasteiger partial charge in [-0.1, -0.05) is 71.0 Å². The minimum absolute atomic E-state index is 0.0387. The zero-order valence-corrected chi connectivity index (χ0v) is 22.6. The minimum atomic E-state index is -0.652. The third kappa shape index (κ3) is 7.41. The first-order chi connectivity index (χ1) is 16.0. The molecule has 0 heterocycles. The normalized spacial score (nSPS) is 14.3. The van der Waals surface area contributed by atoms with E-state index in [0.717, 1.165) is 38.5 Å². The van der Waals surface area contributed by atoms with Gasteiger partial charge in [-0.3, -0.25) is 0 Å². The van der Waals surface area contributed by atoms with E-state index in [-0.39, 0.29) is 23.5 Å². The van der Waals surface area contributed by atoms with Gasteiger partial charge in [0.25, 0.3) is 0 Å². The maximum atomic E-state index is 10.5. The maximum Gasteiger partial charge on any atom is 0.0774 e. The Balaban J connectivity index is 2.26. The van der Waals surface area contributed by atoms with Gasteiger partial charge >= 0.3 is 0 Å². The fourth-order valence-corrected chi connectivity index (χ4v) is 5.33. The van der Waals surface area contributed by atoms with Gasteiger partial charge in [-0.25, -0.2) is 0 Å². The molecule has 0 aliphatic heterocycles. The van der Waals surface area contributed by atoms with Crippen molar-refractivity contribution in [3.05, 3.63) is 69.8 Å². The van der Waals surface area contributed by atoms with Crippen molar-refractivity contribution in [2.75, 3.05) is 6.61 Å². The molecule has 0 amide bonds. The van der Waals surface area contributed by atoms with E-state index < -0.39 is 6.10 Å². The first-order valence-corrected chi connectivity index (χ1v) is 13.1. The molecule has 0 aliphatic carbocycles. The molecular formula is C31H48O3. The van der Waals surface area contributed by atoms with E-state index in [4.69, 9.17) is 5.11 Å². The average molecular weight is 469 g/mol. The summed E-state index contributed by atoms with van der Waals surface area (Å²) in [6.45, 7) is 15.3. The number of benzene rings is 2. The third-order valence-electron chi connectivity index (χ3n) is 7.55. The second-order valence-corrected chi connectivity index (χ2v) is 11.4. The van der Waals surface area contributed by atoms with Crippen molar-refractivity contribution in [3.8, 4) is 0 Å². The highest BCUT2D eigenvalue weighted by Gasteiger charge is 2.31. The molecule has 3 heteroatoms. The molecule has 0 spiro atoms. The van der Waals surface area contributed by atoms with Crippen LogP contribution in [0.4, 0.5) is 0 Å². The van der Waals surface area contributed by atoms with Crippen LogP contribution in [0.25, 0.3) is 0 Å². The molecule has 0 fully saturated rings. The standard InChI is InChI=1S/C31H48O3/c1-8-31(9-2,27-15-11-25(23(4)19-27)13-17-29(34)21-32)26-14-10-24(22(3)18-26)12-16-28(33)20-30(5,6)7/h10-11,14-15,18-19,28-29,32-34H,8-9,12-13,16-17,20-21H2,1-7H3. The largest absolute Gasteiger partial charge is 0.394 e. The summed E-state index contributed by atoms with van der Waals surface area (Å²) in [6, 6.07) is 13.7. The Morgan fingerprint density at radius 1 is 0.735 bits per heavy atom. The summed E-state index contributed by atoms with van der Waals surface area (Å²) in [5.41, 5.74) is 7.92. The summed E-state index contributed by atoms with van der Waals surface area (Å²) in [6.07, 6.45) is 5.02. The fourth-order valence-electron chi connectivity index (χ4n) is 5.33. The average Bonchev–Trinajstić information content (AvgIpc) is 2.77. The second-order valence-electron chi connectivity index (χ2n) is 11.4. The predicted molar refractivity (Wildman–Crippen MR) is 144 cm³/mol. The van der Waals surface area contributed by atoms with Crippen LogP contribution in [-0.2, 0) is 18.3 Å². The zero-order chi connectivity index (χ0) is 25.5. The summed E-state index contributed by atoms with van der Waals surface area (Å²) in [7, 11) is 0. The number of aliphatic hydroxyl groups is 3. The second kappa shape index (κ2) is 12.3. The van der Waals surface area contributed by atoms with Gasteiger partial charge in [0.1, 0.15) is 0 Å². The highest BCUT2D eigenvalue weighted by atomic mass is 16.3. The van der Waals surface area contributed by atoms with Gasteiger partial charge in [-0.2, -0.15) is 0 Å². The van der Waals surface area contributed by atoms with Crippen LogP contribution in [0.5, 0.6) is 0 Å². The summed E-state index contributed by atoms with van der Waals surface area (Å²) in [4.78, 5) is 0. The Morgan fingerprint density at radius 2 is 1.18 bits per heavy atom. The van der Waals surface area contributed by atoms with Crippen molar-refractivity contribution in [3.63, 3.8) is 0 Å². The van der Waals surface area contributed by atoms with Crippen molar-refractivity contribution in [1.82, 2.24) is 0 Å². The Hall–Kier alpha value is -1.68. The number of hydrogen-bond acceptors (Lipinski definition) is 3. The molecule has 0 aromatic heterocycles. The van der Waals surface area contributed by atoms with Crippen molar-refractivity contribution in [1.29, 1.82) is 0 Å². The molecule has 2 rings (SSSR count). The Kier molecular flexibility index (Phi) is 10.4. The summed E-state index contributed by atoms with van der Waals surface area (Å²) < 4.78 is 0. The Labute approximate surface area is 208 Å². The SMILES string of the molecule is CCC(CC)(c1ccc(CCC(O)CO)c(C)c1)c1ccc(CCC(O)CC(C)(C)C)c(C)c1. The molecule has 2 atom stereocenters. The molecule has 34 heavy (non-hydrogen) atoms. The molecule has 190 valence electrons. The summed E-state index contributed by atoms with van der Waals surface area (Å²) >= 11 is 0. The lowest BCUT2D eigenvalue weighted by Gasteiger charge is -2.34. The van der Waals surface area contributed by atoms with Crippen LogP contribution in [0.1, 0.15) is 100 Å². The van der Waals surface area contributed by atoms with Crippen LogP contribution in [-0.4, -0.2) is 34.1 Å². The molecule has 3 N–H and O–H groups in total. The third-order valence-corrected chi connectivity index (χ3v) is 7.55. The molecule has 2 aromatic carbocycles. The lowest BCUT2D eigenvalue weighted by Crippen LogP contribution is -2.26. The number of hydrogen-bond donors (Lipinski definition) is 3. The van der Waals surface area contributed by atoms with Crippen LogP contribution in [0.3, 0.4) is 0 Å². The maximum absolute atomic E-state index is 10.5. The van der Waals surface area contributed by atoms with E-state index in [0.29, 0.717) is 6.42 Å². The van der Waals surface area contributed by atoms with Gasteiger partial charge in [-0.05, 0) is 97.6 Å². The van der Waals surface area contributed by atoms with Crippen molar-refractivity contribution in [2.24, 2.45) is 5.41 Å². The summed E-state index contributed by atoms with van der Waals surface area (Å²) in [5, 5.41) is 29.3. The minimum Gasteiger partial charge on any atom is -0.394 e. The van der Waals surface area contributed by atoms with Crippen molar-refractivity contribution in [2.45, 2.75) is 111 Å². The molecule has 0 bridgehead atoms. The number of aryl methyl sites for hydroxylation is 4. The van der Waals surface area contributed by atoms with Crippen LogP contribution in [0.2, 0.25) is 0 Å². The van der Waals surface area contributed by atoms with Crippen LogP contribution in [0.15, 0.2) is 36.4 Å². The Morgan fingerprint density at radius 3 is 1.53 bits per heavy atom. The topological polar surface area (TPSA) is 60.7 Å². The van der Waals surface area contributed by atoms with Crippen LogP contribution < -0.4 is 0 Å². The van der Waals surface area contributed by atoms with Crippen molar-refractivity contribution < 1.29 is 15.3 Å². The molecular weight excluding hydrogens is 420 g/mol. The molecule has 0 saturated carbocycles.